The van der Waals surface area contributed by atoms with Crippen molar-refractivity contribution in [3.05, 3.63) is 11.8 Å². The molecule has 4 nitrogen and oxygen atoms in total. The van der Waals surface area contributed by atoms with Gasteiger partial charge in [0.25, 0.3) is 0 Å². The van der Waals surface area contributed by atoms with Crippen molar-refractivity contribution in [3.8, 4) is 0 Å². The first-order valence-electron chi connectivity index (χ1n) is 2.63. The van der Waals surface area contributed by atoms with E-state index < -0.39 is 0 Å². The number of thiol groups is 1. The molecule has 0 amide bonds. The summed E-state index contributed by atoms with van der Waals surface area (Å²) in [6.45, 7) is 0. The number of carbonyl (C=O) groups is 1. The van der Waals surface area contributed by atoms with Gasteiger partial charge < -0.3 is 5.73 Å². The maximum absolute atomic E-state index is 10.6. The minimum atomic E-state index is -0.356. The molecule has 2 N–H and O–H groups in total. The van der Waals surface area contributed by atoms with E-state index in [-0.39, 0.29) is 5.12 Å². The van der Waals surface area contributed by atoms with E-state index in [9.17, 15) is 4.79 Å². The van der Waals surface area contributed by atoms with E-state index in [0.717, 1.165) is 0 Å². The number of nitrogen functional groups attached to an aromatic ring is 1. The number of anilines is 1. The molecule has 0 atom stereocenters. The van der Waals surface area contributed by atoms with Crippen LogP contribution in [0.2, 0.25) is 0 Å². The summed E-state index contributed by atoms with van der Waals surface area (Å²) in [7, 11) is 1.66. The van der Waals surface area contributed by atoms with Crippen LogP contribution < -0.4 is 5.73 Å². The van der Waals surface area contributed by atoms with Gasteiger partial charge in [0.2, 0.25) is 5.12 Å². The Morgan fingerprint density at radius 2 is 2.50 bits per heavy atom. The molecule has 0 saturated carbocycles. The van der Waals surface area contributed by atoms with E-state index in [2.05, 4.69) is 17.7 Å². The van der Waals surface area contributed by atoms with E-state index in [1.54, 1.807) is 7.05 Å². The zero-order valence-corrected chi connectivity index (χ0v) is 6.30. The summed E-state index contributed by atoms with van der Waals surface area (Å²) in [4.78, 5) is 10.6. The summed E-state index contributed by atoms with van der Waals surface area (Å²) in [5, 5.41) is 3.40. The van der Waals surface area contributed by atoms with Gasteiger partial charge in [-0.05, 0) is 0 Å². The number of carbonyl (C=O) groups excluding carboxylic acids is 1. The lowest BCUT2D eigenvalue weighted by Crippen LogP contribution is -2.00. The summed E-state index contributed by atoms with van der Waals surface area (Å²) in [6, 6.07) is 0. The van der Waals surface area contributed by atoms with Crippen LogP contribution in [-0.2, 0) is 7.05 Å². The fraction of sp³-hybridized carbons (Fsp3) is 0.200. The van der Waals surface area contributed by atoms with Crippen LogP contribution >= 0.6 is 12.6 Å². The van der Waals surface area contributed by atoms with E-state index in [1.165, 1.54) is 10.9 Å². The number of nitrogens with zero attached hydrogens (tertiary/aromatic N) is 2. The molecule has 0 aliphatic heterocycles. The number of nitrogens with two attached hydrogens (primary N) is 1. The van der Waals surface area contributed by atoms with Gasteiger partial charge in [0.15, 0.2) is 0 Å². The van der Waals surface area contributed by atoms with Crippen molar-refractivity contribution in [3.63, 3.8) is 0 Å². The number of aryl methyl sites for hydroxylation is 1. The summed E-state index contributed by atoms with van der Waals surface area (Å²) < 4.78 is 1.42. The van der Waals surface area contributed by atoms with Crippen LogP contribution in [0.4, 0.5) is 5.82 Å². The Morgan fingerprint density at radius 3 is 2.70 bits per heavy atom. The molecule has 5 heteroatoms. The third-order valence-corrected chi connectivity index (χ3v) is 1.46. The highest BCUT2D eigenvalue weighted by molar-refractivity contribution is 7.97. The van der Waals surface area contributed by atoms with Gasteiger partial charge in [-0.15, -0.1) is 12.6 Å². The molecule has 0 radical (unpaired) electrons. The highest BCUT2D eigenvalue weighted by atomic mass is 32.1. The van der Waals surface area contributed by atoms with Crippen LogP contribution in [-0.4, -0.2) is 14.9 Å². The minimum absolute atomic E-state index is 0.347. The largest absolute Gasteiger partial charge is 0.383 e. The molecule has 0 aromatic carbocycles. The van der Waals surface area contributed by atoms with Crippen molar-refractivity contribution in [1.82, 2.24) is 9.78 Å². The summed E-state index contributed by atoms with van der Waals surface area (Å²) in [5.74, 6) is 0.347. The molecule has 0 fully saturated rings. The van der Waals surface area contributed by atoms with Crippen molar-refractivity contribution >= 4 is 23.6 Å². The van der Waals surface area contributed by atoms with Gasteiger partial charge in [0.1, 0.15) is 5.82 Å². The molecule has 0 bridgehead atoms. The second-order valence-electron chi connectivity index (χ2n) is 1.87. The van der Waals surface area contributed by atoms with E-state index in [1.807, 2.05) is 0 Å². The standard InChI is InChI=1S/C5H7N3OS/c1-8-4(6)3(2-7-8)5(9)10/h2H,6H2,1H3,(H,9,10). The Labute approximate surface area is 63.4 Å². The third-order valence-electron chi connectivity index (χ3n) is 1.22. The average Bonchev–Trinajstić information content (AvgIpc) is 2.14. The predicted molar refractivity (Wildman–Crippen MR) is 40.9 cm³/mol. The van der Waals surface area contributed by atoms with Gasteiger partial charge in [0.05, 0.1) is 11.8 Å². The molecule has 0 aliphatic rings. The van der Waals surface area contributed by atoms with Gasteiger partial charge in [-0.1, -0.05) is 0 Å². The van der Waals surface area contributed by atoms with Gasteiger partial charge in [-0.25, -0.2) is 0 Å². The second-order valence-corrected chi connectivity index (χ2v) is 2.28. The van der Waals surface area contributed by atoms with Crippen LogP contribution in [0.1, 0.15) is 10.4 Å². The Hall–Kier alpha value is -0.970. The Bertz CT molecular complexity index is 268. The lowest BCUT2D eigenvalue weighted by Gasteiger charge is -1.92. The normalized spacial score (nSPS) is 9.80. The predicted octanol–water partition coefficient (Wildman–Crippen LogP) is 0.0723. The quantitative estimate of drug-likeness (QED) is 0.567. The molecule has 10 heavy (non-hydrogen) atoms. The first-order chi connectivity index (χ1) is 4.63. The van der Waals surface area contributed by atoms with Crippen LogP contribution in [0.3, 0.4) is 0 Å². The molecule has 1 heterocycles. The van der Waals surface area contributed by atoms with Crippen molar-refractivity contribution in [1.29, 1.82) is 0 Å². The molecule has 0 saturated heterocycles. The molecular weight excluding hydrogens is 150 g/mol. The highest BCUT2D eigenvalue weighted by Gasteiger charge is 2.08. The summed E-state index contributed by atoms with van der Waals surface area (Å²) in [5.41, 5.74) is 5.79. The van der Waals surface area contributed by atoms with Gasteiger partial charge >= 0.3 is 0 Å². The lowest BCUT2D eigenvalue weighted by molar-refractivity contribution is 0.109. The molecule has 1 rings (SSSR count). The molecule has 1 aromatic heterocycles. The first kappa shape index (κ1) is 7.14. The number of rotatable bonds is 1. The van der Waals surface area contributed by atoms with Gasteiger partial charge in [-0.3, -0.25) is 9.48 Å². The van der Waals surface area contributed by atoms with Crippen LogP contribution in [0.25, 0.3) is 0 Å². The van der Waals surface area contributed by atoms with E-state index in [4.69, 9.17) is 5.73 Å². The average molecular weight is 157 g/mol. The van der Waals surface area contributed by atoms with Crippen LogP contribution in [0, 0.1) is 0 Å². The SMILES string of the molecule is Cn1ncc(C(=O)S)c1N. The van der Waals surface area contributed by atoms with Crippen molar-refractivity contribution in [2.24, 2.45) is 7.05 Å². The molecule has 1 aromatic rings. The fourth-order valence-corrected chi connectivity index (χ4v) is 0.784. The topological polar surface area (TPSA) is 60.9 Å². The van der Waals surface area contributed by atoms with E-state index >= 15 is 0 Å². The number of hydrogen-bond donors (Lipinski definition) is 2. The highest BCUT2D eigenvalue weighted by Crippen LogP contribution is 2.10. The number of hydrogen-bond acceptors (Lipinski definition) is 3. The molecule has 54 valence electrons. The maximum Gasteiger partial charge on any atom is 0.221 e. The van der Waals surface area contributed by atoms with Crippen molar-refractivity contribution in [2.75, 3.05) is 5.73 Å². The maximum atomic E-state index is 10.6. The Morgan fingerprint density at radius 1 is 1.90 bits per heavy atom. The Balaban J connectivity index is 3.17. The summed E-state index contributed by atoms with van der Waals surface area (Å²) in [6.07, 6.45) is 1.39. The minimum Gasteiger partial charge on any atom is -0.383 e. The summed E-state index contributed by atoms with van der Waals surface area (Å²) >= 11 is 3.60. The molecule has 0 unspecified atom stereocenters. The number of aromatic nitrogens is 2. The Kier molecular flexibility index (Phi) is 1.67. The van der Waals surface area contributed by atoms with E-state index in [0.29, 0.717) is 11.4 Å². The van der Waals surface area contributed by atoms with Crippen LogP contribution in [0.5, 0.6) is 0 Å². The van der Waals surface area contributed by atoms with Crippen molar-refractivity contribution < 1.29 is 4.79 Å². The molecule has 0 aliphatic carbocycles. The van der Waals surface area contributed by atoms with Crippen molar-refractivity contribution in [2.45, 2.75) is 0 Å². The zero-order chi connectivity index (χ0) is 7.72. The fourth-order valence-electron chi connectivity index (χ4n) is 0.612. The van der Waals surface area contributed by atoms with Gasteiger partial charge in [-0.2, -0.15) is 5.10 Å². The molecule has 0 spiro atoms. The van der Waals surface area contributed by atoms with Crippen LogP contribution in [0.15, 0.2) is 6.20 Å². The smallest absolute Gasteiger partial charge is 0.221 e. The van der Waals surface area contributed by atoms with Gasteiger partial charge in [0, 0.05) is 7.05 Å². The zero-order valence-electron chi connectivity index (χ0n) is 5.40. The monoisotopic (exact) mass is 157 g/mol. The third kappa shape index (κ3) is 0.995. The first-order valence-corrected chi connectivity index (χ1v) is 3.08. The molecular formula is C5H7N3OS. The lowest BCUT2D eigenvalue weighted by atomic mass is 10.4. The second kappa shape index (κ2) is 2.34.